The molecule has 8 nitrogen and oxygen atoms in total. The Kier molecular flexibility index (Phi) is 4.10. The summed E-state index contributed by atoms with van der Waals surface area (Å²) in [6.45, 7) is 0.246. The summed E-state index contributed by atoms with van der Waals surface area (Å²) < 4.78 is 5.25. The lowest BCUT2D eigenvalue weighted by molar-refractivity contribution is -0.149. The SMILES string of the molecule is O=C1CCC(C(=O)NCC2CCC(C(=O)O)O2)=NN1. The van der Waals surface area contributed by atoms with Crippen LogP contribution < -0.4 is 10.7 Å². The summed E-state index contributed by atoms with van der Waals surface area (Å²) in [5, 5.41) is 15.1. The van der Waals surface area contributed by atoms with Crippen molar-refractivity contribution in [2.75, 3.05) is 6.54 Å². The van der Waals surface area contributed by atoms with Crippen LogP contribution in [0.1, 0.15) is 25.7 Å². The van der Waals surface area contributed by atoms with Gasteiger partial charge < -0.3 is 15.2 Å². The molecule has 8 heteroatoms. The quantitative estimate of drug-likeness (QED) is 0.605. The van der Waals surface area contributed by atoms with Gasteiger partial charge in [0.1, 0.15) is 5.71 Å². The predicted molar refractivity (Wildman–Crippen MR) is 63.4 cm³/mol. The fourth-order valence-corrected chi connectivity index (χ4v) is 1.98. The number of amides is 2. The molecule has 1 saturated heterocycles. The smallest absolute Gasteiger partial charge is 0.332 e. The lowest BCUT2D eigenvalue weighted by Crippen LogP contribution is -2.40. The zero-order valence-electron chi connectivity index (χ0n) is 10.2. The molecule has 0 spiro atoms. The molecule has 2 unspecified atom stereocenters. The number of carboxylic acid groups (broad SMARTS) is 1. The number of rotatable bonds is 4. The van der Waals surface area contributed by atoms with E-state index in [0.717, 1.165) is 0 Å². The van der Waals surface area contributed by atoms with Crippen LogP contribution in [-0.2, 0) is 19.1 Å². The average molecular weight is 269 g/mol. The van der Waals surface area contributed by atoms with E-state index in [1.54, 1.807) is 0 Å². The standard InChI is InChI=1S/C11H15N3O5/c15-9-4-2-7(13-14-9)10(16)12-5-6-1-3-8(19-6)11(17)18/h6,8H,1-5H2,(H,12,16)(H,14,15)(H,17,18). The summed E-state index contributed by atoms with van der Waals surface area (Å²) in [4.78, 5) is 33.3. The zero-order valence-corrected chi connectivity index (χ0v) is 10.2. The van der Waals surface area contributed by atoms with Crippen LogP contribution >= 0.6 is 0 Å². The second-order valence-corrected chi connectivity index (χ2v) is 4.47. The third-order valence-electron chi connectivity index (χ3n) is 3.04. The van der Waals surface area contributed by atoms with E-state index in [0.29, 0.717) is 19.3 Å². The second-order valence-electron chi connectivity index (χ2n) is 4.47. The Balaban J connectivity index is 1.75. The third-order valence-corrected chi connectivity index (χ3v) is 3.04. The van der Waals surface area contributed by atoms with Crippen molar-refractivity contribution >= 4 is 23.5 Å². The van der Waals surface area contributed by atoms with Gasteiger partial charge in [0, 0.05) is 19.4 Å². The first kappa shape index (κ1) is 13.5. The lowest BCUT2D eigenvalue weighted by atomic mass is 10.1. The molecule has 0 aromatic heterocycles. The third kappa shape index (κ3) is 3.50. The molecule has 0 bridgehead atoms. The maximum Gasteiger partial charge on any atom is 0.332 e. The van der Waals surface area contributed by atoms with Crippen molar-refractivity contribution in [1.82, 2.24) is 10.7 Å². The molecular weight excluding hydrogens is 254 g/mol. The van der Waals surface area contributed by atoms with E-state index in [1.807, 2.05) is 0 Å². The van der Waals surface area contributed by atoms with Gasteiger partial charge in [-0.3, -0.25) is 9.59 Å². The van der Waals surface area contributed by atoms with Crippen molar-refractivity contribution in [3.63, 3.8) is 0 Å². The minimum Gasteiger partial charge on any atom is -0.479 e. The van der Waals surface area contributed by atoms with Crippen LogP contribution in [0.25, 0.3) is 0 Å². The summed E-state index contributed by atoms with van der Waals surface area (Å²) >= 11 is 0. The largest absolute Gasteiger partial charge is 0.479 e. The fourth-order valence-electron chi connectivity index (χ4n) is 1.98. The van der Waals surface area contributed by atoms with Gasteiger partial charge >= 0.3 is 5.97 Å². The van der Waals surface area contributed by atoms with Crippen LogP contribution in [0, 0.1) is 0 Å². The summed E-state index contributed by atoms with van der Waals surface area (Å²) in [6, 6.07) is 0. The number of carbonyl (C=O) groups is 3. The minimum absolute atomic E-state index is 0.208. The molecule has 2 atom stereocenters. The van der Waals surface area contributed by atoms with Crippen molar-refractivity contribution in [2.24, 2.45) is 5.10 Å². The Morgan fingerprint density at radius 1 is 1.42 bits per heavy atom. The van der Waals surface area contributed by atoms with Gasteiger partial charge in [-0.2, -0.15) is 5.10 Å². The van der Waals surface area contributed by atoms with E-state index in [2.05, 4.69) is 15.8 Å². The van der Waals surface area contributed by atoms with E-state index < -0.39 is 12.1 Å². The normalized spacial score (nSPS) is 26.5. The molecule has 0 aromatic carbocycles. The first-order valence-corrected chi connectivity index (χ1v) is 6.08. The van der Waals surface area contributed by atoms with Gasteiger partial charge in [-0.25, -0.2) is 10.2 Å². The molecule has 0 radical (unpaired) electrons. The summed E-state index contributed by atoms with van der Waals surface area (Å²) in [5.74, 6) is -1.55. The van der Waals surface area contributed by atoms with E-state index in [9.17, 15) is 14.4 Å². The van der Waals surface area contributed by atoms with Gasteiger partial charge in [-0.15, -0.1) is 0 Å². The van der Waals surface area contributed by atoms with Crippen molar-refractivity contribution in [3.8, 4) is 0 Å². The Morgan fingerprint density at radius 2 is 2.21 bits per heavy atom. The van der Waals surface area contributed by atoms with Gasteiger partial charge in [-0.05, 0) is 12.8 Å². The molecule has 2 aliphatic heterocycles. The first-order valence-electron chi connectivity index (χ1n) is 6.08. The van der Waals surface area contributed by atoms with Gasteiger partial charge in [-0.1, -0.05) is 0 Å². The number of carbonyl (C=O) groups excluding carboxylic acids is 2. The van der Waals surface area contributed by atoms with Gasteiger partial charge in [0.05, 0.1) is 6.10 Å². The summed E-state index contributed by atoms with van der Waals surface area (Å²) in [5.41, 5.74) is 2.51. The highest BCUT2D eigenvalue weighted by Gasteiger charge is 2.30. The Morgan fingerprint density at radius 3 is 2.79 bits per heavy atom. The highest BCUT2D eigenvalue weighted by molar-refractivity contribution is 6.39. The minimum atomic E-state index is -0.979. The molecule has 2 heterocycles. The number of ether oxygens (including phenoxy) is 1. The van der Waals surface area contributed by atoms with Crippen LogP contribution in [0.15, 0.2) is 5.10 Å². The topological polar surface area (TPSA) is 117 Å². The van der Waals surface area contributed by atoms with E-state index in [-0.39, 0.29) is 36.6 Å². The number of nitrogens with one attached hydrogen (secondary N) is 2. The van der Waals surface area contributed by atoms with Crippen LogP contribution in [0.2, 0.25) is 0 Å². The maximum absolute atomic E-state index is 11.7. The average Bonchev–Trinajstić information content (AvgIpc) is 2.86. The number of aliphatic carboxylic acids is 1. The molecule has 0 saturated carbocycles. The zero-order chi connectivity index (χ0) is 13.8. The molecule has 104 valence electrons. The lowest BCUT2D eigenvalue weighted by Gasteiger charge is -2.14. The summed E-state index contributed by atoms with van der Waals surface area (Å²) in [6.07, 6.45) is 0.527. The molecule has 2 aliphatic rings. The second kappa shape index (κ2) is 5.79. The fraction of sp³-hybridized carbons (Fsp3) is 0.636. The molecular formula is C11H15N3O5. The summed E-state index contributed by atoms with van der Waals surface area (Å²) in [7, 11) is 0. The molecule has 0 aromatic rings. The predicted octanol–water partition coefficient (Wildman–Crippen LogP) is -0.999. The Labute approximate surface area is 109 Å². The van der Waals surface area contributed by atoms with E-state index >= 15 is 0 Å². The van der Waals surface area contributed by atoms with Gasteiger partial charge in [0.15, 0.2) is 6.10 Å². The number of carboxylic acids is 1. The molecule has 19 heavy (non-hydrogen) atoms. The molecule has 1 fully saturated rings. The van der Waals surface area contributed by atoms with Gasteiger partial charge in [0.25, 0.3) is 5.91 Å². The van der Waals surface area contributed by atoms with Gasteiger partial charge in [0.2, 0.25) is 5.91 Å². The van der Waals surface area contributed by atoms with Crippen LogP contribution in [0.3, 0.4) is 0 Å². The van der Waals surface area contributed by atoms with Crippen molar-refractivity contribution in [3.05, 3.63) is 0 Å². The van der Waals surface area contributed by atoms with E-state index in [1.165, 1.54) is 0 Å². The number of hydrazone groups is 1. The van der Waals surface area contributed by atoms with Crippen molar-refractivity contribution < 1.29 is 24.2 Å². The first-order chi connectivity index (χ1) is 9.06. The molecule has 2 amide bonds. The van der Waals surface area contributed by atoms with Crippen LogP contribution in [0.5, 0.6) is 0 Å². The Bertz CT molecular complexity index is 434. The van der Waals surface area contributed by atoms with Crippen molar-refractivity contribution in [2.45, 2.75) is 37.9 Å². The number of hydrogen-bond donors (Lipinski definition) is 3. The van der Waals surface area contributed by atoms with Crippen LogP contribution in [0.4, 0.5) is 0 Å². The molecule has 0 aliphatic carbocycles. The molecule has 2 rings (SSSR count). The van der Waals surface area contributed by atoms with Crippen molar-refractivity contribution in [1.29, 1.82) is 0 Å². The maximum atomic E-state index is 11.7. The number of hydrogen-bond acceptors (Lipinski definition) is 5. The number of nitrogens with zero attached hydrogens (tertiary/aromatic N) is 1. The molecule has 3 N–H and O–H groups in total. The van der Waals surface area contributed by atoms with Crippen LogP contribution in [-0.4, -0.2) is 47.4 Å². The Hall–Kier alpha value is -1.96. The highest BCUT2D eigenvalue weighted by Crippen LogP contribution is 2.19. The highest BCUT2D eigenvalue weighted by atomic mass is 16.5. The monoisotopic (exact) mass is 269 g/mol. The van der Waals surface area contributed by atoms with E-state index in [4.69, 9.17) is 9.84 Å².